The van der Waals surface area contributed by atoms with Gasteiger partial charge in [0.2, 0.25) is 0 Å². The molecule has 4 heteroatoms. The van der Waals surface area contributed by atoms with E-state index in [1.807, 2.05) is 0 Å². The highest BCUT2D eigenvalue weighted by molar-refractivity contribution is 6.32. The molecule has 0 saturated carbocycles. The minimum Gasteiger partial charge on any atom is -0.410 e. The predicted octanol–water partition coefficient (Wildman–Crippen LogP) is 1.30. The Bertz CT molecular complexity index is 239. The topological polar surface area (TPSA) is 48.1 Å². The average molecular weight is 159 g/mol. The molecule has 0 amide bonds. The van der Waals surface area contributed by atoms with Gasteiger partial charge >= 0.3 is 0 Å². The summed E-state index contributed by atoms with van der Waals surface area (Å²) >= 11 is 5.73. The van der Waals surface area contributed by atoms with Gasteiger partial charge in [-0.25, -0.2) is 0 Å². The summed E-state index contributed by atoms with van der Waals surface area (Å²) in [5.41, 5.74) is 0.713. The fourth-order valence-corrected chi connectivity index (χ4v) is 0.772. The number of nitrogens with two attached hydrogens (primary N) is 1. The van der Waals surface area contributed by atoms with E-state index in [0.717, 1.165) is 0 Å². The molecule has 1 aromatic rings. The first-order valence-corrected chi connectivity index (χ1v) is 3.11. The molecule has 10 heavy (non-hydrogen) atoms. The second kappa shape index (κ2) is 2.86. The molecule has 0 aliphatic heterocycles. The maximum Gasteiger partial charge on any atom is 0.168 e. The molecular weight excluding hydrogens is 152 g/mol. The van der Waals surface area contributed by atoms with Crippen LogP contribution in [0.3, 0.4) is 0 Å². The third kappa shape index (κ3) is 1.20. The third-order valence-corrected chi connectivity index (χ3v) is 1.61. The molecule has 0 fully saturated rings. The molecule has 2 N–H and O–H groups in total. The molecule has 1 rings (SSSR count). The highest BCUT2D eigenvalue weighted by atomic mass is 35.5. The molecular formula is C6H7ClN2O. The molecule has 0 atom stereocenters. The standard InChI is InChI=1S/C6H7ClN2O/c1-4-6(7)5(10-8)2-3-9-4/h2-3H,8H2,1H3. The van der Waals surface area contributed by atoms with Crippen LogP contribution < -0.4 is 10.7 Å². The van der Waals surface area contributed by atoms with E-state index in [-0.39, 0.29) is 0 Å². The van der Waals surface area contributed by atoms with Crippen molar-refractivity contribution in [1.82, 2.24) is 4.98 Å². The number of hydrogen-bond acceptors (Lipinski definition) is 3. The van der Waals surface area contributed by atoms with Gasteiger partial charge in [-0.3, -0.25) is 4.98 Å². The Balaban J connectivity index is 3.14. The summed E-state index contributed by atoms with van der Waals surface area (Å²) in [6, 6.07) is 1.61. The van der Waals surface area contributed by atoms with Crippen LogP contribution in [0.2, 0.25) is 5.02 Å². The molecule has 0 bridgehead atoms. The predicted molar refractivity (Wildman–Crippen MR) is 38.8 cm³/mol. The molecule has 54 valence electrons. The number of pyridine rings is 1. The van der Waals surface area contributed by atoms with Gasteiger partial charge in [-0.05, 0) is 6.92 Å². The first-order chi connectivity index (χ1) is 4.75. The highest BCUT2D eigenvalue weighted by Crippen LogP contribution is 2.24. The quantitative estimate of drug-likeness (QED) is 0.627. The molecule has 0 spiro atoms. The van der Waals surface area contributed by atoms with E-state index in [2.05, 4.69) is 9.82 Å². The summed E-state index contributed by atoms with van der Waals surface area (Å²) < 4.78 is 0. The monoisotopic (exact) mass is 158 g/mol. The number of hydrogen-bond donors (Lipinski definition) is 1. The maximum absolute atomic E-state index is 5.73. The van der Waals surface area contributed by atoms with Crippen molar-refractivity contribution in [3.8, 4) is 5.75 Å². The maximum atomic E-state index is 5.73. The van der Waals surface area contributed by atoms with Gasteiger partial charge in [0.1, 0.15) is 5.02 Å². The first kappa shape index (κ1) is 7.31. The van der Waals surface area contributed by atoms with Gasteiger partial charge in [-0.15, -0.1) is 0 Å². The lowest BCUT2D eigenvalue weighted by molar-refractivity contribution is 0.334. The third-order valence-electron chi connectivity index (χ3n) is 1.16. The first-order valence-electron chi connectivity index (χ1n) is 2.73. The molecule has 0 saturated heterocycles. The smallest absolute Gasteiger partial charge is 0.168 e. The molecule has 1 heterocycles. The van der Waals surface area contributed by atoms with Crippen LogP contribution in [0.15, 0.2) is 12.3 Å². The van der Waals surface area contributed by atoms with Gasteiger partial charge in [0.15, 0.2) is 5.75 Å². The summed E-state index contributed by atoms with van der Waals surface area (Å²) in [5, 5.41) is 0.463. The zero-order valence-corrected chi connectivity index (χ0v) is 6.22. The van der Waals surface area contributed by atoms with Crippen molar-refractivity contribution in [2.75, 3.05) is 0 Å². The van der Waals surface area contributed by atoms with Crippen molar-refractivity contribution in [2.45, 2.75) is 6.92 Å². The van der Waals surface area contributed by atoms with E-state index in [1.54, 1.807) is 19.2 Å². The van der Waals surface area contributed by atoms with Gasteiger partial charge in [-0.1, -0.05) is 11.6 Å². The molecule has 3 nitrogen and oxygen atoms in total. The summed E-state index contributed by atoms with van der Waals surface area (Å²) in [4.78, 5) is 8.37. The van der Waals surface area contributed by atoms with E-state index in [9.17, 15) is 0 Å². The lowest BCUT2D eigenvalue weighted by Crippen LogP contribution is -2.03. The van der Waals surface area contributed by atoms with Crippen LogP contribution >= 0.6 is 11.6 Å². The molecule has 0 unspecified atom stereocenters. The molecule has 0 aliphatic carbocycles. The van der Waals surface area contributed by atoms with Crippen molar-refractivity contribution >= 4 is 11.6 Å². The largest absolute Gasteiger partial charge is 0.410 e. The van der Waals surface area contributed by atoms with Crippen LogP contribution in [0.4, 0.5) is 0 Å². The second-order valence-corrected chi connectivity index (χ2v) is 2.20. The van der Waals surface area contributed by atoms with E-state index in [4.69, 9.17) is 17.5 Å². The number of rotatable bonds is 1. The molecule has 0 radical (unpaired) electrons. The summed E-state index contributed by atoms with van der Waals surface area (Å²) in [6.45, 7) is 1.78. The lowest BCUT2D eigenvalue weighted by Gasteiger charge is -2.01. The number of aryl methyl sites for hydroxylation is 1. The number of halogens is 1. The van der Waals surface area contributed by atoms with Crippen molar-refractivity contribution in [3.63, 3.8) is 0 Å². The van der Waals surface area contributed by atoms with Crippen LogP contribution in [-0.2, 0) is 0 Å². The van der Waals surface area contributed by atoms with Crippen molar-refractivity contribution in [2.24, 2.45) is 5.90 Å². The highest BCUT2D eigenvalue weighted by Gasteiger charge is 2.02. The minimum absolute atomic E-state index is 0.453. The lowest BCUT2D eigenvalue weighted by atomic mass is 10.3. The fraction of sp³-hybridized carbons (Fsp3) is 0.167. The summed E-state index contributed by atoms with van der Waals surface area (Å²) in [5.74, 6) is 5.36. The Hall–Kier alpha value is -0.800. The van der Waals surface area contributed by atoms with Crippen molar-refractivity contribution in [3.05, 3.63) is 23.0 Å². The Kier molecular flexibility index (Phi) is 2.09. The summed E-state index contributed by atoms with van der Waals surface area (Å²) in [7, 11) is 0. The van der Waals surface area contributed by atoms with Crippen LogP contribution in [0.25, 0.3) is 0 Å². The van der Waals surface area contributed by atoms with Crippen molar-refractivity contribution in [1.29, 1.82) is 0 Å². The van der Waals surface area contributed by atoms with Crippen LogP contribution in [0.1, 0.15) is 5.69 Å². The Morgan fingerprint density at radius 3 is 2.90 bits per heavy atom. The van der Waals surface area contributed by atoms with Gasteiger partial charge in [0.05, 0.1) is 5.69 Å². The van der Waals surface area contributed by atoms with Crippen LogP contribution in [-0.4, -0.2) is 4.98 Å². The Labute approximate surface area is 63.7 Å². The SMILES string of the molecule is Cc1nccc(ON)c1Cl. The second-order valence-electron chi connectivity index (χ2n) is 1.83. The normalized spacial score (nSPS) is 9.50. The number of aromatic nitrogens is 1. The Morgan fingerprint density at radius 1 is 1.70 bits per heavy atom. The molecule has 0 aliphatic rings. The van der Waals surface area contributed by atoms with E-state index in [0.29, 0.717) is 16.5 Å². The van der Waals surface area contributed by atoms with Crippen LogP contribution in [0, 0.1) is 6.92 Å². The fourth-order valence-electron chi connectivity index (χ4n) is 0.616. The van der Waals surface area contributed by atoms with Gasteiger partial charge in [0, 0.05) is 12.3 Å². The molecule has 0 aromatic carbocycles. The van der Waals surface area contributed by atoms with Gasteiger partial charge in [0.25, 0.3) is 0 Å². The zero-order valence-electron chi connectivity index (χ0n) is 5.47. The Morgan fingerprint density at radius 2 is 2.40 bits per heavy atom. The average Bonchev–Trinajstić information content (AvgIpc) is 1.95. The number of nitrogens with zero attached hydrogens (tertiary/aromatic N) is 1. The van der Waals surface area contributed by atoms with E-state index >= 15 is 0 Å². The van der Waals surface area contributed by atoms with Crippen LogP contribution in [0.5, 0.6) is 5.75 Å². The minimum atomic E-state index is 0.453. The van der Waals surface area contributed by atoms with E-state index in [1.165, 1.54) is 0 Å². The summed E-state index contributed by atoms with van der Waals surface area (Å²) in [6.07, 6.45) is 1.59. The zero-order chi connectivity index (χ0) is 7.56. The molecule has 1 aromatic heterocycles. The van der Waals surface area contributed by atoms with Gasteiger partial charge in [-0.2, -0.15) is 5.90 Å². The van der Waals surface area contributed by atoms with E-state index < -0.39 is 0 Å². The van der Waals surface area contributed by atoms with Gasteiger partial charge < -0.3 is 4.84 Å². The van der Waals surface area contributed by atoms with Crippen molar-refractivity contribution < 1.29 is 4.84 Å².